The lowest BCUT2D eigenvalue weighted by Gasteiger charge is -2.25. The molecule has 0 saturated carbocycles. The minimum atomic E-state index is 0.317. The van der Waals surface area contributed by atoms with E-state index in [0.29, 0.717) is 6.10 Å². The van der Waals surface area contributed by atoms with Crippen LogP contribution >= 0.6 is 27.5 Å². The second-order valence-corrected chi connectivity index (χ2v) is 5.39. The second kappa shape index (κ2) is 5.39. The predicted octanol–water partition coefficient (Wildman–Crippen LogP) is 3.54. The normalized spacial score (nSPS) is 17.4. The van der Waals surface area contributed by atoms with Crippen LogP contribution in [0.25, 0.3) is 0 Å². The summed E-state index contributed by atoms with van der Waals surface area (Å²) >= 11 is 9.47. The number of hydrogen-bond acceptors (Lipinski definition) is 2. The molecule has 0 aliphatic carbocycles. The van der Waals surface area contributed by atoms with Gasteiger partial charge in [-0.25, -0.2) is 0 Å². The molecular weight excluding hydrogens is 289 g/mol. The number of ether oxygens (including phenoxy) is 1. The minimum Gasteiger partial charge on any atom is -0.489 e. The van der Waals surface area contributed by atoms with Gasteiger partial charge in [0.05, 0.1) is 4.47 Å². The monoisotopic (exact) mass is 303 g/mol. The second-order valence-electron chi connectivity index (χ2n) is 4.10. The van der Waals surface area contributed by atoms with Gasteiger partial charge in [-0.1, -0.05) is 11.6 Å². The van der Waals surface area contributed by atoms with Gasteiger partial charge < -0.3 is 10.1 Å². The molecular formula is C12H15BrClNO. The number of hydrogen-bond donors (Lipinski definition) is 1. The number of aryl methyl sites for hydroxylation is 1. The minimum absolute atomic E-state index is 0.317. The molecule has 1 heterocycles. The summed E-state index contributed by atoms with van der Waals surface area (Å²) in [6.07, 6.45) is 2.45. The van der Waals surface area contributed by atoms with Gasteiger partial charge in [0.25, 0.3) is 0 Å². The number of nitrogens with one attached hydrogen (secondary N) is 1. The molecule has 1 aromatic carbocycles. The fraction of sp³-hybridized carbons (Fsp3) is 0.500. The van der Waals surface area contributed by atoms with Crippen LogP contribution in [0.5, 0.6) is 5.75 Å². The summed E-state index contributed by atoms with van der Waals surface area (Å²) < 4.78 is 6.97. The summed E-state index contributed by atoms with van der Waals surface area (Å²) in [6, 6.07) is 3.81. The van der Waals surface area contributed by atoms with Gasteiger partial charge in [-0.15, -0.1) is 0 Å². The van der Waals surface area contributed by atoms with Crippen LogP contribution < -0.4 is 10.1 Å². The molecule has 2 rings (SSSR count). The van der Waals surface area contributed by atoms with Crippen molar-refractivity contribution in [2.75, 3.05) is 13.1 Å². The van der Waals surface area contributed by atoms with E-state index in [4.69, 9.17) is 16.3 Å². The Morgan fingerprint density at radius 2 is 2.06 bits per heavy atom. The van der Waals surface area contributed by atoms with Gasteiger partial charge in [0, 0.05) is 5.02 Å². The predicted molar refractivity (Wildman–Crippen MR) is 70.4 cm³/mol. The molecule has 1 aliphatic heterocycles. The Hall–Kier alpha value is -0.250. The van der Waals surface area contributed by atoms with Crippen molar-refractivity contribution in [2.24, 2.45) is 0 Å². The van der Waals surface area contributed by atoms with Gasteiger partial charge in [0.1, 0.15) is 11.9 Å². The summed E-state index contributed by atoms with van der Waals surface area (Å²) in [6.45, 7) is 4.09. The highest BCUT2D eigenvalue weighted by atomic mass is 79.9. The van der Waals surface area contributed by atoms with Gasteiger partial charge in [0.15, 0.2) is 0 Å². The molecule has 16 heavy (non-hydrogen) atoms. The Balaban J connectivity index is 2.14. The zero-order valence-electron chi connectivity index (χ0n) is 9.22. The molecule has 0 amide bonds. The molecule has 0 unspecified atom stereocenters. The number of piperidine rings is 1. The first-order chi connectivity index (χ1) is 7.66. The SMILES string of the molecule is Cc1cc(Cl)cc(Br)c1OC1CCNCC1. The Labute approximate surface area is 109 Å². The molecule has 0 spiro atoms. The lowest BCUT2D eigenvalue weighted by atomic mass is 10.1. The Morgan fingerprint density at radius 1 is 1.38 bits per heavy atom. The molecule has 88 valence electrons. The third-order valence-corrected chi connectivity index (χ3v) is 3.57. The van der Waals surface area contributed by atoms with Gasteiger partial charge in [0.2, 0.25) is 0 Å². The van der Waals surface area contributed by atoms with E-state index in [-0.39, 0.29) is 0 Å². The Kier molecular flexibility index (Phi) is 4.11. The van der Waals surface area contributed by atoms with Crippen LogP contribution in [0.2, 0.25) is 5.02 Å². The van der Waals surface area contributed by atoms with E-state index in [9.17, 15) is 0 Å². The number of rotatable bonds is 2. The maximum Gasteiger partial charge on any atom is 0.136 e. The maximum absolute atomic E-state index is 6.03. The Bertz CT molecular complexity index is 354. The van der Waals surface area contributed by atoms with Crippen molar-refractivity contribution in [3.05, 3.63) is 27.2 Å². The fourth-order valence-electron chi connectivity index (χ4n) is 1.92. The van der Waals surface area contributed by atoms with Crippen molar-refractivity contribution >= 4 is 27.5 Å². The van der Waals surface area contributed by atoms with Crippen molar-refractivity contribution in [3.63, 3.8) is 0 Å². The zero-order chi connectivity index (χ0) is 11.5. The van der Waals surface area contributed by atoms with E-state index in [1.807, 2.05) is 19.1 Å². The van der Waals surface area contributed by atoms with Crippen LogP contribution in [-0.4, -0.2) is 19.2 Å². The molecule has 1 fully saturated rings. The topological polar surface area (TPSA) is 21.3 Å². The summed E-state index contributed by atoms with van der Waals surface area (Å²) in [7, 11) is 0. The molecule has 0 atom stereocenters. The number of halogens is 2. The largest absolute Gasteiger partial charge is 0.489 e. The van der Waals surface area contributed by atoms with Crippen LogP contribution in [-0.2, 0) is 0 Å². The third-order valence-electron chi connectivity index (χ3n) is 2.76. The molecule has 4 heteroatoms. The van der Waals surface area contributed by atoms with Crippen LogP contribution in [0, 0.1) is 6.92 Å². The van der Waals surface area contributed by atoms with E-state index >= 15 is 0 Å². The average molecular weight is 305 g/mol. The van der Waals surface area contributed by atoms with Gasteiger partial charge in [-0.3, -0.25) is 0 Å². The first kappa shape index (κ1) is 12.2. The summed E-state index contributed by atoms with van der Waals surface area (Å²) in [4.78, 5) is 0. The Morgan fingerprint density at radius 3 is 2.69 bits per heavy atom. The highest BCUT2D eigenvalue weighted by Gasteiger charge is 2.17. The van der Waals surface area contributed by atoms with Gasteiger partial charge in [-0.2, -0.15) is 0 Å². The first-order valence-electron chi connectivity index (χ1n) is 5.50. The highest BCUT2D eigenvalue weighted by molar-refractivity contribution is 9.10. The van der Waals surface area contributed by atoms with E-state index in [2.05, 4.69) is 21.2 Å². The molecule has 0 aromatic heterocycles. The number of benzene rings is 1. The summed E-state index contributed by atoms with van der Waals surface area (Å²) in [5.74, 6) is 0.927. The van der Waals surface area contributed by atoms with Crippen LogP contribution in [0.1, 0.15) is 18.4 Å². The standard InChI is InChI=1S/C12H15BrClNO/c1-8-6-9(14)7-11(13)12(8)16-10-2-4-15-5-3-10/h6-7,10,15H,2-5H2,1H3. The molecule has 1 saturated heterocycles. The van der Waals surface area contributed by atoms with Gasteiger partial charge >= 0.3 is 0 Å². The lowest BCUT2D eigenvalue weighted by Crippen LogP contribution is -2.34. The van der Waals surface area contributed by atoms with Crippen molar-refractivity contribution in [2.45, 2.75) is 25.9 Å². The van der Waals surface area contributed by atoms with Crippen molar-refractivity contribution < 1.29 is 4.74 Å². The summed E-state index contributed by atoms with van der Waals surface area (Å²) in [5, 5.41) is 4.06. The molecule has 1 aliphatic rings. The summed E-state index contributed by atoms with van der Waals surface area (Å²) in [5.41, 5.74) is 1.08. The molecule has 0 bridgehead atoms. The average Bonchev–Trinajstić information content (AvgIpc) is 2.25. The molecule has 2 nitrogen and oxygen atoms in total. The van der Waals surface area contributed by atoms with E-state index in [1.54, 1.807) is 0 Å². The first-order valence-corrected chi connectivity index (χ1v) is 6.67. The zero-order valence-corrected chi connectivity index (χ0v) is 11.6. The molecule has 1 aromatic rings. The highest BCUT2D eigenvalue weighted by Crippen LogP contribution is 2.33. The third kappa shape index (κ3) is 2.90. The molecule has 0 radical (unpaired) electrons. The quantitative estimate of drug-likeness (QED) is 0.902. The fourth-order valence-corrected chi connectivity index (χ4v) is 2.98. The van der Waals surface area contributed by atoms with E-state index < -0.39 is 0 Å². The lowest BCUT2D eigenvalue weighted by molar-refractivity contribution is 0.160. The van der Waals surface area contributed by atoms with Gasteiger partial charge in [-0.05, 0) is 66.5 Å². The van der Waals surface area contributed by atoms with Crippen LogP contribution in [0.4, 0.5) is 0 Å². The van der Waals surface area contributed by atoms with Crippen molar-refractivity contribution in [3.8, 4) is 5.75 Å². The van der Waals surface area contributed by atoms with Crippen LogP contribution in [0.3, 0.4) is 0 Å². The van der Waals surface area contributed by atoms with E-state index in [0.717, 1.165) is 46.7 Å². The smallest absolute Gasteiger partial charge is 0.136 e. The molecule has 1 N–H and O–H groups in total. The van der Waals surface area contributed by atoms with E-state index in [1.165, 1.54) is 0 Å². The van der Waals surface area contributed by atoms with Crippen LogP contribution in [0.15, 0.2) is 16.6 Å². The maximum atomic E-state index is 6.03. The van der Waals surface area contributed by atoms with Crippen molar-refractivity contribution in [1.29, 1.82) is 0 Å². The van der Waals surface area contributed by atoms with Crippen molar-refractivity contribution in [1.82, 2.24) is 5.32 Å².